The van der Waals surface area contributed by atoms with E-state index >= 15 is 0 Å². The maximum atomic E-state index is 12.5. The minimum atomic E-state index is -1.01. The Labute approximate surface area is 144 Å². The summed E-state index contributed by atoms with van der Waals surface area (Å²) in [5.74, 6) is -1.20. The molecule has 2 aromatic rings. The predicted molar refractivity (Wildman–Crippen MR) is 94.0 cm³/mol. The van der Waals surface area contributed by atoms with Crippen molar-refractivity contribution in [2.24, 2.45) is 0 Å². The summed E-state index contributed by atoms with van der Waals surface area (Å²) in [5, 5.41) is 12.4. The molecule has 1 aliphatic rings. The van der Waals surface area contributed by atoms with Crippen LogP contribution in [-0.4, -0.2) is 28.9 Å². The number of hydrogen-bond acceptors (Lipinski definition) is 4. The van der Waals surface area contributed by atoms with Crippen LogP contribution in [0.5, 0.6) is 0 Å². The molecule has 0 radical (unpaired) electrons. The molecule has 1 amide bonds. The summed E-state index contributed by atoms with van der Waals surface area (Å²) in [6.07, 6.45) is 0.249. The Hall–Kier alpha value is -2.31. The van der Waals surface area contributed by atoms with E-state index in [-0.39, 0.29) is 24.2 Å². The van der Waals surface area contributed by atoms with Gasteiger partial charge in [-0.05, 0) is 17.7 Å². The van der Waals surface area contributed by atoms with Gasteiger partial charge in [0.2, 0.25) is 5.91 Å². The second-order valence-corrected chi connectivity index (χ2v) is 6.76. The highest BCUT2D eigenvalue weighted by molar-refractivity contribution is 8.00. The molecule has 0 spiro atoms. The van der Waals surface area contributed by atoms with Crippen LogP contribution in [0.25, 0.3) is 0 Å². The van der Waals surface area contributed by atoms with Gasteiger partial charge >= 0.3 is 5.97 Å². The van der Waals surface area contributed by atoms with E-state index in [9.17, 15) is 9.59 Å². The van der Waals surface area contributed by atoms with Gasteiger partial charge < -0.3 is 10.4 Å². The molecule has 0 bridgehead atoms. The molecule has 6 heteroatoms. The molecule has 1 atom stereocenters. The lowest BCUT2D eigenvalue weighted by Gasteiger charge is -2.20. The minimum Gasteiger partial charge on any atom is -0.480 e. The zero-order valence-electron chi connectivity index (χ0n) is 13.0. The fraction of sp³-hybridized carbons (Fsp3) is 0.222. The topological polar surface area (TPSA) is 69.6 Å². The van der Waals surface area contributed by atoms with Crippen molar-refractivity contribution in [2.75, 3.05) is 11.4 Å². The van der Waals surface area contributed by atoms with Crippen molar-refractivity contribution >= 4 is 29.3 Å². The Bertz CT molecular complexity index is 736. The summed E-state index contributed by atoms with van der Waals surface area (Å²) in [7, 11) is 0. The van der Waals surface area contributed by atoms with Crippen LogP contribution in [-0.2, 0) is 16.1 Å². The van der Waals surface area contributed by atoms with Gasteiger partial charge in [0.1, 0.15) is 6.54 Å². The molecule has 2 aromatic carbocycles. The number of fused-ring (bicyclic) bond motifs is 1. The van der Waals surface area contributed by atoms with Crippen molar-refractivity contribution in [3.8, 4) is 0 Å². The number of amides is 1. The molecule has 2 N–H and O–H groups in total. The smallest absolute Gasteiger partial charge is 0.323 e. The average Bonchev–Trinajstić information content (AvgIpc) is 2.71. The van der Waals surface area contributed by atoms with E-state index in [0.29, 0.717) is 12.2 Å². The third-order valence-corrected chi connectivity index (χ3v) is 4.97. The summed E-state index contributed by atoms with van der Waals surface area (Å²) in [6, 6.07) is 17.4. The summed E-state index contributed by atoms with van der Waals surface area (Å²) < 4.78 is 0. The molecule has 124 valence electrons. The molecule has 1 aliphatic heterocycles. The Morgan fingerprint density at radius 3 is 2.62 bits per heavy atom. The molecule has 3 rings (SSSR count). The highest BCUT2D eigenvalue weighted by atomic mass is 32.2. The first-order chi connectivity index (χ1) is 11.6. The molecule has 0 aromatic heterocycles. The van der Waals surface area contributed by atoms with E-state index in [1.165, 1.54) is 4.90 Å². The fourth-order valence-corrected chi connectivity index (χ4v) is 3.78. The van der Waals surface area contributed by atoms with Gasteiger partial charge in [-0.2, -0.15) is 0 Å². The highest BCUT2D eigenvalue weighted by Crippen LogP contribution is 2.37. The number of para-hydroxylation sites is 1. The standard InChI is InChI=1S/C18H18N2O3S/c21-17-10-16(19-11-13-6-2-1-3-7-13)24-15-9-5-4-8-14(15)20(17)12-18(22)23/h1-9,16,19H,10-12H2,(H,22,23). The summed E-state index contributed by atoms with van der Waals surface area (Å²) in [6.45, 7) is 0.342. The number of carbonyl (C=O) groups is 2. The van der Waals surface area contributed by atoms with Crippen molar-refractivity contribution in [1.82, 2.24) is 5.32 Å². The summed E-state index contributed by atoms with van der Waals surface area (Å²) in [5.41, 5.74) is 1.81. The lowest BCUT2D eigenvalue weighted by atomic mass is 10.2. The van der Waals surface area contributed by atoms with Crippen LogP contribution >= 0.6 is 11.8 Å². The monoisotopic (exact) mass is 342 g/mol. The first kappa shape index (κ1) is 16.5. The zero-order chi connectivity index (χ0) is 16.9. The lowest BCUT2D eigenvalue weighted by molar-refractivity contribution is -0.136. The van der Waals surface area contributed by atoms with Crippen molar-refractivity contribution in [2.45, 2.75) is 23.2 Å². The number of hydrogen-bond donors (Lipinski definition) is 2. The van der Waals surface area contributed by atoms with Crippen LogP contribution in [0.3, 0.4) is 0 Å². The molecule has 5 nitrogen and oxygen atoms in total. The Morgan fingerprint density at radius 2 is 1.88 bits per heavy atom. The van der Waals surface area contributed by atoms with E-state index in [1.54, 1.807) is 17.8 Å². The third-order valence-electron chi connectivity index (χ3n) is 3.76. The van der Waals surface area contributed by atoms with Crippen molar-refractivity contribution in [3.05, 3.63) is 60.2 Å². The second-order valence-electron chi connectivity index (χ2n) is 5.52. The van der Waals surface area contributed by atoms with Gasteiger partial charge in [0.15, 0.2) is 0 Å². The van der Waals surface area contributed by atoms with Crippen LogP contribution in [0.4, 0.5) is 5.69 Å². The Balaban J connectivity index is 1.78. The normalized spacial score (nSPS) is 17.2. The van der Waals surface area contributed by atoms with Crippen LogP contribution < -0.4 is 10.2 Å². The summed E-state index contributed by atoms with van der Waals surface area (Å²) in [4.78, 5) is 25.9. The van der Waals surface area contributed by atoms with Crippen LogP contribution in [0.1, 0.15) is 12.0 Å². The molecule has 0 saturated carbocycles. The number of carbonyl (C=O) groups excluding carboxylic acids is 1. The molecular formula is C18H18N2O3S. The first-order valence-corrected chi connectivity index (χ1v) is 8.56. The minimum absolute atomic E-state index is 0.0994. The number of carboxylic acids is 1. The Morgan fingerprint density at radius 1 is 1.17 bits per heavy atom. The zero-order valence-corrected chi connectivity index (χ0v) is 13.8. The second kappa shape index (κ2) is 7.51. The van der Waals surface area contributed by atoms with Crippen LogP contribution in [0, 0.1) is 0 Å². The van der Waals surface area contributed by atoms with Gasteiger partial charge in [-0.25, -0.2) is 0 Å². The molecule has 1 unspecified atom stereocenters. The maximum Gasteiger partial charge on any atom is 0.323 e. The first-order valence-electron chi connectivity index (χ1n) is 7.68. The van der Waals surface area contributed by atoms with Crippen molar-refractivity contribution in [3.63, 3.8) is 0 Å². The number of thioether (sulfide) groups is 1. The highest BCUT2D eigenvalue weighted by Gasteiger charge is 2.29. The molecular weight excluding hydrogens is 324 g/mol. The lowest BCUT2D eigenvalue weighted by Crippen LogP contribution is -2.38. The van der Waals surface area contributed by atoms with Gasteiger partial charge in [-0.3, -0.25) is 14.5 Å². The number of carboxylic acid groups (broad SMARTS) is 1. The number of aliphatic carboxylic acids is 1. The number of nitrogens with one attached hydrogen (secondary N) is 1. The molecule has 24 heavy (non-hydrogen) atoms. The van der Waals surface area contributed by atoms with E-state index in [1.807, 2.05) is 48.5 Å². The van der Waals surface area contributed by atoms with Gasteiger partial charge in [0, 0.05) is 11.4 Å². The van der Waals surface area contributed by atoms with Gasteiger partial charge in [-0.1, -0.05) is 42.5 Å². The van der Waals surface area contributed by atoms with Gasteiger partial charge in [-0.15, -0.1) is 11.8 Å². The molecule has 1 heterocycles. The SMILES string of the molecule is O=C(O)CN1C(=O)CC(NCc2ccccc2)Sc2ccccc21. The van der Waals surface area contributed by atoms with Crippen molar-refractivity contribution < 1.29 is 14.7 Å². The number of benzene rings is 2. The molecule has 0 aliphatic carbocycles. The van der Waals surface area contributed by atoms with E-state index < -0.39 is 5.97 Å². The number of anilines is 1. The number of nitrogens with zero attached hydrogens (tertiary/aromatic N) is 1. The Kier molecular flexibility index (Phi) is 5.17. The van der Waals surface area contributed by atoms with Crippen LogP contribution in [0.15, 0.2) is 59.5 Å². The summed E-state index contributed by atoms with van der Waals surface area (Å²) >= 11 is 1.57. The van der Waals surface area contributed by atoms with Crippen molar-refractivity contribution in [1.29, 1.82) is 0 Å². The van der Waals surface area contributed by atoms with Gasteiger partial charge in [0.25, 0.3) is 0 Å². The maximum absolute atomic E-state index is 12.5. The number of rotatable bonds is 5. The average molecular weight is 342 g/mol. The largest absolute Gasteiger partial charge is 0.480 e. The predicted octanol–water partition coefficient (Wildman–Crippen LogP) is 2.72. The van der Waals surface area contributed by atoms with E-state index in [4.69, 9.17) is 5.11 Å². The quantitative estimate of drug-likeness (QED) is 0.874. The van der Waals surface area contributed by atoms with Crippen LogP contribution in [0.2, 0.25) is 0 Å². The fourth-order valence-electron chi connectivity index (χ4n) is 2.63. The van der Waals surface area contributed by atoms with E-state index in [0.717, 1.165) is 10.5 Å². The molecule has 0 saturated heterocycles. The van der Waals surface area contributed by atoms with E-state index in [2.05, 4.69) is 5.32 Å². The molecule has 0 fully saturated rings. The third kappa shape index (κ3) is 3.96. The van der Waals surface area contributed by atoms with Gasteiger partial charge in [0.05, 0.1) is 17.5 Å².